The largest absolute Gasteiger partial charge is 0.322 e. The smallest absolute Gasteiger partial charge is 0.240 e. The number of nitrogens with zero attached hydrogens (tertiary/aromatic N) is 1. The van der Waals surface area contributed by atoms with E-state index in [-0.39, 0.29) is 12.5 Å². The molecule has 0 saturated carbocycles. The van der Waals surface area contributed by atoms with Crippen molar-refractivity contribution >= 4 is 11.6 Å². The zero-order chi connectivity index (χ0) is 10.6. The van der Waals surface area contributed by atoms with Crippen molar-refractivity contribution in [3.63, 3.8) is 0 Å². The lowest BCUT2D eigenvalue weighted by Gasteiger charge is -2.16. The van der Waals surface area contributed by atoms with E-state index >= 15 is 0 Å². The second-order valence-corrected chi connectivity index (χ2v) is 3.18. The lowest BCUT2D eigenvalue weighted by molar-refractivity contribution is -0.117. The molecule has 0 unspecified atom stereocenters. The highest BCUT2D eigenvalue weighted by atomic mass is 16.2. The second-order valence-electron chi connectivity index (χ2n) is 3.18. The van der Waals surface area contributed by atoms with Crippen LogP contribution in [0, 0.1) is 0 Å². The van der Waals surface area contributed by atoms with Crippen LogP contribution in [0.4, 0.5) is 5.69 Å². The van der Waals surface area contributed by atoms with Gasteiger partial charge in [-0.15, -0.1) is 0 Å². The van der Waals surface area contributed by atoms with E-state index in [0.717, 1.165) is 12.1 Å². The molecule has 14 heavy (non-hydrogen) atoms. The number of amides is 1. The van der Waals surface area contributed by atoms with Gasteiger partial charge in [-0.1, -0.05) is 19.1 Å². The summed E-state index contributed by atoms with van der Waals surface area (Å²) in [5, 5.41) is 0. The van der Waals surface area contributed by atoms with Crippen molar-refractivity contribution < 1.29 is 4.79 Å². The lowest BCUT2D eigenvalue weighted by Crippen LogP contribution is -2.32. The monoisotopic (exact) mass is 192 g/mol. The average molecular weight is 192 g/mol. The zero-order valence-electron chi connectivity index (χ0n) is 8.66. The summed E-state index contributed by atoms with van der Waals surface area (Å²) in [6.07, 6.45) is 1.01. The minimum atomic E-state index is -0.0748. The van der Waals surface area contributed by atoms with Crippen LogP contribution in [0.1, 0.15) is 12.5 Å². The Morgan fingerprint density at radius 1 is 1.36 bits per heavy atom. The fourth-order valence-electron chi connectivity index (χ4n) is 1.24. The van der Waals surface area contributed by atoms with Gasteiger partial charge in [0.25, 0.3) is 0 Å². The van der Waals surface area contributed by atoms with Gasteiger partial charge >= 0.3 is 0 Å². The predicted molar refractivity (Wildman–Crippen MR) is 58.3 cm³/mol. The Kier molecular flexibility index (Phi) is 3.65. The maximum atomic E-state index is 11.3. The maximum Gasteiger partial charge on any atom is 0.240 e. The molecule has 3 nitrogen and oxygen atoms in total. The van der Waals surface area contributed by atoms with Crippen LogP contribution in [0.5, 0.6) is 0 Å². The van der Waals surface area contributed by atoms with Crippen molar-refractivity contribution in [3.05, 3.63) is 29.8 Å². The van der Waals surface area contributed by atoms with Gasteiger partial charge in [-0.25, -0.2) is 0 Å². The van der Waals surface area contributed by atoms with Gasteiger partial charge in [0.05, 0.1) is 6.54 Å². The van der Waals surface area contributed by atoms with Crippen LogP contribution in [0.3, 0.4) is 0 Å². The summed E-state index contributed by atoms with van der Waals surface area (Å²) >= 11 is 0. The van der Waals surface area contributed by atoms with Crippen molar-refractivity contribution in [2.24, 2.45) is 5.73 Å². The Morgan fingerprint density at radius 2 is 1.93 bits per heavy atom. The number of hydrogen-bond acceptors (Lipinski definition) is 2. The van der Waals surface area contributed by atoms with Gasteiger partial charge in [0.15, 0.2) is 0 Å². The minimum Gasteiger partial charge on any atom is -0.322 e. The van der Waals surface area contributed by atoms with Gasteiger partial charge in [0, 0.05) is 12.7 Å². The van der Waals surface area contributed by atoms with Crippen LogP contribution in [0.25, 0.3) is 0 Å². The molecule has 0 bridgehead atoms. The Labute approximate surface area is 84.5 Å². The van der Waals surface area contributed by atoms with E-state index in [9.17, 15) is 4.79 Å². The number of likely N-dealkylation sites (N-methyl/N-ethyl adjacent to an activating group) is 1. The van der Waals surface area contributed by atoms with Crippen molar-refractivity contribution in [3.8, 4) is 0 Å². The minimum absolute atomic E-state index is 0.0476. The van der Waals surface area contributed by atoms with Crippen LogP contribution >= 0.6 is 0 Å². The number of rotatable bonds is 3. The van der Waals surface area contributed by atoms with Crippen molar-refractivity contribution in [1.82, 2.24) is 0 Å². The highest BCUT2D eigenvalue weighted by molar-refractivity contribution is 5.94. The van der Waals surface area contributed by atoms with Gasteiger partial charge in [-0.05, 0) is 24.1 Å². The van der Waals surface area contributed by atoms with Crippen LogP contribution in [0.2, 0.25) is 0 Å². The van der Waals surface area contributed by atoms with E-state index in [1.54, 1.807) is 11.9 Å². The first-order valence-corrected chi connectivity index (χ1v) is 4.74. The number of carbonyl (C=O) groups excluding carboxylic acids is 1. The molecule has 0 atom stereocenters. The normalized spacial score (nSPS) is 9.93. The molecule has 1 aromatic carbocycles. The molecule has 0 heterocycles. The maximum absolute atomic E-state index is 11.3. The third-order valence-corrected chi connectivity index (χ3v) is 2.28. The number of aryl methyl sites for hydroxylation is 1. The first-order chi connectivity index (χ1) is 6.69. The van der Waals surface area contributed by atoms with Crippen LogP contribution < -0.4 is 10.6 Å². The second kappa shape index (κ2) is 4.77. The molecule has 0 fully saturated rings. The first-order valence-electron chi connectivity index (χ1n) is 4.74. The summed E-state index contributed by atoms with van der Waals surface area (Å²) in [7, 11) is 1.73. The van der Waals surface area contributed by atoms with E-state index < -0.39 is 0 Å². The predicted octanol–water partition coefficient (Wildman–Crippen LogP) is 1.17. The molecular formula is C11H16N2O. The molecule has 1 amide bonds. The van der Waals surface area contributed by atoms with E-state index in [2.05, 4.69) is 6.92 Å². The third kappa shape index (κ3) is 2.33. The summed E-state index contributed by atoms with van der Waals surface area (Å²) in [5.74, 6) is -0.0748. The molecular weight excluding hydrogens is 176 g/mol. The topological polar surface area (TPSA) is 46.3 Å². The quantitative estimate of drug-likeness (QED) is 0.781. The van der Waals surface area contributed by atoms with Crippen molar-refractivity contribution in [2.45, 2.75) is 13.3 Å². The first kappa shape index (κ1) is 10.7. The van der Waals surface area contributed by atoms with Crippen molar-refractivity contribution in [2.75, 3.05) is 18.5 Å². The van der Waals surface area contributed by atoms with E-state index in [4.69, 9.17) is 5.73 Å². The van der Waals surface area contributed by atoms with Crippen LogP contribution in [-0.2, 0) is 11.2 Å². The summed E-state index contributed by atoms with van der Waals surface area (Å²) in [5.41, 5.74) is 7.43. The molecule has 1 aromatic rings. The van der Waals surface area contributed by atoms with Gasteiger partial charge in [-0.2, -0.15) is 0 Å². The molecule has 0 aliphatic heterocycles. The fraction of sp³-hybridized carbons (Fsp3) is 0.364. The molecule has 0 aliphatic carbocycles. The Balaban J connectivity index is 2.81. The Hall–Kier alpha value is -1.35. The number of benzene rings is 1. The number of anilines is 1. The highest BCUT2D eigenvalue weighted by Crippen LogP contribution is 2.13. The summed E-state index contributed by atoms with van der Waals surface area (Å²) in [6, 6.07) is 7.92. The van der Waals surface area contributed by atoms with Gasteiger partial charge in [0.1, 0.15) is 0 Å². The van der Waals surface area contributed by atoms with E-state index in [1.165, 1.54) is 5.56 Å². The van der Waals surface area contributed by atoms with E-state index in [1.807, 2.05) is 24.3 Å². The molecule has 0 aromatic heterocycles. The fourth-order valence-corrected chi connectivity index (χ4v) is 1.24. The SMILES string of the molecule is CCc1ccc(N(C)C(=O)CN)cc1. The number of carbonyl (C=O) groups is 1. The number of nitrogens with two attached hydrogens (primary N) is 1. The standard InChI is InChI=1S/C11H16N2O/c1-3-9-4-6-10(7-5-9)13(2)11(14)8-12/h4-7H,3,8,12H2,1-2H3. The molecule has 0 spiro atoms. The third-order valence-electron chi connectivity index (χ3n) is 2.28. The van der Waals surface area contributed by atoms with Gasteiger partial charge < -0.3 is 10.6 Å². The molecule has 2 N–H and O–H groups in total. The molecule has 76 valence electrons. The number of hydrogen-bond donors (Lipinski definition) is 1. The van der Waals surface area contributed by atoms with E-state index in [0.29, 0.717) is 0 Å². The molecule has 0 saturated heterocycles. The van der Waals surface area contributed by atoms with Gasteiger partial charge in [-0.3, -0.25) is 4.79 Å². The lowest BCUT2D eigenvalue weighted by atomic mass is 10.1. The Morgan fingerprint density at radius 3 is 2.36 bits per heavy atom. The average Bonchev–Trinajstić information content (AvgIpc) is 2.27. The molecule has 1 rings (SSSR count). The van der Waals surface area contributed by atoms with Crippen molar-refractivity contribution in [1.29, 1.82) is 0 Å². The van der Waals surface area contributed by atoms with Crippen LogP contribution in [0.15, 0.2) is 24.3 Å². The summed E-state index contributed by atoms with van der Waals surface area (Å²) < 4.78 is 0. The Bertz CT molecular complexity index is 306. The van der Waals surface area contributed by atoms with Gasteiger partial charge in [0.2, 0.25) is 5.91 Å². The highest BCUT2D eigenvalue weighted by Gasteiger charge is 2.07. The zero-order valence-corrected chi connectivity index (χ0v) is 8.66. The summed E-state index contributed by atoms with van der Waals surface area (Å²) in [6.45, 7) is 2.15. The summed E-state index contributed by atoms with van der Waals surface area (Å²) in [4.78, 5) is 12.8. The van der Waals surface area contributed by atoms with Crippen LogP contribution in [-0.4, -0.2) is 19.5 Å². The molecule has 0 radical (unpaired) electrons. The molecule has 3 heteroatoms. The molecule has 0 aliphatic rings.